The van der Waals surface area contributed by atoms with Crippen LogP contribution in [0.3, 0.4) is 0 Å². The Hall–Kier alpha value is -3.77. The van der Waals surface area contributed by atoms with Gasteiger partial charge in [0.05, 0.1) is 11.1 Å². The molecule has 182 valence electrons. The number of fused-ring (bicyclic) bond motifs is 1. The van der Waals surface area contributed by atoms with Crippen LogP contribution in [-0.4, -0.2) is 77.2 Å². The van der Waals surface area contributed by atoms with Crippen molar-refractivity contribution in [3.63, 3.8) is 0 Å². The van der Waals surface area contributed by atoms with Crippen LogP contribution in [0.1, 0.15) is 25.0 Å². The normalized spacial score (nSPS) is 15.7. The summed E-state index contributed by atoms with van der Waals surface area (Å²) in [5.41, 5.74) is 1.28. The van der Waals surface area contributed by atoms with Crippen LogP contribution in [0.2, 0.25) is 0 Å². The first-order valence-electron chi connectivity index (χ1n) is 11.7. The summed E-state index contributed by atoms with van der Waals surface area (Å²) in [5, 5.41) is 0.762. The predicted molar refractivity (Wildman–Crippen MR) is 133 cm³/mol. The van der Waals surface area contributed by atoms with Crippen molar-refractivity contribution < 1.29 is 13.9 Å². The van der Waals surface area contributed by atoms with Gasteiger partial charge in [-0.15, -0.1) is 0 Å². The van der Waals surface area contributed by atoms with Gasteiger partial charge in [-0.05, 0) is 57.6 Å². The molecule has 1 N–H and O–H groups in total. The summed E-state index contributed by atoms with van der Waals surface area (Å²) in [6.07, 6.45) is 5.68. The SMILES string of the molecule is CN(C)CCCC(=O)N1CCC(C=Nc2ncnc3[nH]c(C#CCOc4ccccc4F)cc23)C1. The minimum Gasteiger partial charge on any atom is -0.478 e. The highest BCUT2D eigenvalue weighted by molar-refractivity contribution is 5.88. The largest absolute Gasteiger partial charge is 0.478 e. The highest BCUT2D eigenvalue weighted by Crippen LogP contribution is 2.24. The third kappa shape index (κ3) is 6.64. The molecule has 1 atom stereocenters. The lowest BCUT2D eigenvalue weighted by Crippen LogP contribution is -2.29. The summed E-state index contributed by atoms with van der Waals surface area (Å²) in [6, 6.07) is 8.05. The van der Waals surface area contributed by atoms with E-state index in [4.69, 9.17) is 4.74 Å². The van der Waals surface area contributed by atoms with Gasteiger partial charge < -0.3 is 19.5 Å². The number of rotatable bonds is 8. The molecule has 0 spiro atoms. The quantitative estimate of drug-likeness (QED) is 0.398. The Bertz CT molecular complexity index is 1260. The maximum atomic E-state index is 13.6. The zero-order chi connectivity index (χ0) is 24.6. The number of hydrogen-bond acceptors (Lipinski definition) is 6. The highest BCUT2D eigenvalue weighted by atomic mass is 19.1. The van der Waals surface area contributed by atoms with Crippen molar-refractivity contribution in [3.8, 4) is 17.6 Å². The van der Waals surface area contributed by atoms with Crippen LogP contribution in [0.4, 0.5) is 10.2 Å². The van der Waals surface area contributed by atoms with Crippen LogP contribution in [0, 0.1) is 23.6 Å². The molecular formula is C26H29FN6O2. The molecule has 2 aromatic heterocycles. The van der Waals surface area contributed by atoms with Gasteiger partial charge in [0.2, 0.25) is 5.91 Å². The van der Waals surface area contributed by atoms with Gasteiger partial charge in [-0.2, -0.15) is 0 Å². The van der Waals surface area contributed by atoms with Gasteiger partial charge >= 0.3 is 0 Å². The first-order valence-corrected chi connectivity index (χ1v) is 11.7. The van der Waals surface area contributed by atoms with Gasteiger partial charge in [0, 0.05) is 31.6 Å². The minimum absolute atomic E-state index is 0.0546. The molecule has 3 heterocycles. The number of benzene rings is 1. The molecule has 1 fully saturated rings. The molecule has 1 amide bonds. The Kier molecular flexibility index (Phi) is 8.06. The second-order valence-electron chi connectivity index (χ2n) is 8.74. The van der Waals surface area contributed by atoms with Gasteiger partial charge in [-0.3, -0.25) is 4.79 Å². The van der Waals surface area contributed by atoms with Crippen LogP contribution < -0.4 is 4.74 Å². The topological polar surface area (TPSA) is 86.7 Å². The number of aromatic amines is 1. The van der Waals surface area contributed by atoms with E-state index in [1.807, 2.05) is 31.3 Å². The molecule has 0 saturated carbocycles. The van der Waals surface area contributed by atoms with Crippen molar-refractivity contribution in [1.82, 2.24) is 24.8 Å². The van der Waals surface area contributed by atoms with Crippen molar-refractivity contribution >= 4 is 29.0 Å². The number of carbonyl (C=O) groups is 1. The summed E-state index contributed by atoms with van der Waals surface area (Å²) in [7, 11) is 4.03. The van der Waals surface area contributed by atoms with E-state index in [9.17, 15) is 9.18 Å². The number of aromatic nitrogens is 3. The zero-order valence-corrected chi connectivity index (χ0v) is 20.0. The van der Waals surface area contributed by atoms with E-state index in [-0.39, 0.29) is 24.2 Å². The van der Waals surface area contributed by atoms with E-state index < -0.39 is 5.82 Å². The number of nitrogens with one attached hydrogen (secondary N) is 1. The van der Waals surface area contributed by atoms with Gasteiger partial charge in [-0.25, -0.2) is 19.4 Å². The third-order valence-electron chi connectivity index (χ3n) is 5.75. The molecule has 4 rings (SSSR count). The summed E-state index contributed by atoms with van der Waals surface area (Å²) < 4.78 is 19.0. The Morgan fingerprint density at radius 2 is 2.23 bits per heavy atom. The smallest absolute Gasteiger partial charge is 0.222 e. The lowest BCUT2D eigenvalue weighted by molar-refractivity contribution is -0.130. The van der Waals surface area contributed by atoms with E-state index in [2.05, 4.69) is 36.7 Å². The summed E-state index contributed by atoms with van der Waals surface area (Å²) in [6.45, 7) is 2.41. The average molecular weight is 477 g/mol. The second-order valence-corrected chi connectivity index (χ2v) is 8.74. The van der Waals surface area contributed by atoms with Crippen molar-refractivity contribution in [2.75, 3.05) is 40.3 Å². The fraction of sp³-hybridized carbons (Fsp3) is 0.385. The van der Waals surface area contributed by atoms with Crippen molar-refractivity contribution in [3.05, 3.63) is 48.2 Å². The number of H-pyrrole nitrogens is 1. The number of para-hydroxylation sites is 1. The predicted octanol–water partition coefficient (Wildman–Crippen LogP) is 3.42. The number of ether oxygens (including phenoxy) is 1. The number of aliphatic imine (C=N–C) groups is 1. The van der Waals surface area contributed by atoms with Crippen LogP contribution in [0.25, 0.3) is 11.0 Å². The molecule has 8 nitrogen and oxygen atoms in total. The fourth-order valence-corrected chi connectivity index (χ4v) is 3.92. The summed E-state index contributed by atoms with van der Waals surface area (Å²) >= 11 is 0. The van der Waals surface area contributed by atoms with E-state index in [1.54, 1.807) is 18.2 Å². The van der Waals surface area contributed by atoms with Crippen LogP contribution in [0.15, 0.2) is 41.7 Å². The van der Waals surface area contributed by atoms with Gasteiger partial charge in [0.25, 0.3) is 0 Å². The average Bonchev–Trinajstić information content (AvgIpc) is 3.48. The van der Waals surface area contributed by atoms with Gasteiger partial charge in [-0.1, -0.05) is 18.1 Å². The van der Waals surface area contributed by atoms with Crippen molar-refractivity contribution in [1.29, 1.82) is 0 Å². The van der Waals surface area contributed by atoms with Crippen molar-refractivity contribution in [2.24, 2.45) is 10.9 Å². The number of halogens is 1. The van der Waals surface area contributed by atoms with E-state index in [1.165, 1.54) is 12.4 Å². The molecule has 1 aliphatic heterocycles. The molecule has 1 aromatic carbocycles. The lowest BCUT2D eigenvalue weighted by atomic mass is 10.1. The van der Waals surface area contributed by atoms with Crippen LogP contribution >= 0.6 is 0 Å². The molecule has 3 aromatic rings. The summed E-state index contributed by atoms with van der Waals surface area (Å²) in [4.78, 5) is 32.8. The fourth-order valence-electron chi connectivity index (χ4n) is 3.92. The van der Waals surface area contributed by atoms with E-state index in [0.29, 0.717) is 30.1 Å². The van der Waals surface area contributed by atoms with E-state index in [0.717, 1.165) is 31.3 Å². The van der Waals surface area contributed by atoms with Gasteiger partial charge in [0.15, 0.2) is 17.4 Å². The molecule has 1 saturated heterocycles. The Labute approximate surface area is 204 Å². The van der Waals surface area contributed by atoms with Gasteiger partial charge in [0.1, 0.15) is 18.6 Å². The Balaban J connectivity index is 1.35. The molecule has 0 bridgehead atoms. The number of carbonyl (C=O) groups excluding carboxylic acids is 1. The molecule has 9 heteroatoms. The number of likely N-dealkylation sites (tertiary alicyclic amines) is 1. The number of nitrogens with zero attached hydrogens (tertiary/aromatic N) is 5. The molecule has 0 aliphatic carbocycles. The lowest BCUT2D eigenvalue weighted by Gasteiger charge is -2.16. The first-order chi connectivity index (χ1) is 17.0. The van der Waals surface area contributed by atoms with Crippen LogP contribution in [0.5, 0.6) is 5.75 Å². The zero-order valence-electron chi connectivity index (χ0n) is 20.0. The van der Waals surface area contributed by atoms with E-state index >= 15 is 0 Å². The second kappa shape index (κ2) is 11.6. The first kappa shape index (κ1) is 24.4. The third-order valence-corrected chi connectivity index (χ3v) is 5.75. The van der Waals surface area contributed by atoms with Crippen LogP contribution in [-0.2, 0) is 4.79 Å². The molecular weight excluding hydrogens is 447 g/mol. The molecule has 1 aliphatic rings. The summed E-state index contributed by atoms with van der Waals surface area (Å²) in [5.74, 6) is 6.55. The Morgan fingerprint density at radius 1 is 1.37 bits per heavy atom. The maximum Gasteiger partial charge on any atom is 0.222 e. The molecule has 0 radical (unpaired) electrons. The Morgan fingerprint density at radius 3 is 3.06 bits per heavy atom. The highest BCUT2D eigenvalue weighted by Gasteiger charge is 2.24. The number of hydrogen-bond donors (Lipinski definition) is 1. The monoisotopic (exact) mass is 476 g/mol. The number of amides is 1. The van der Waals surface area contributed by atoms with Crippen molar-refractivity contribution in [2.45, 2.75) is 19.3 Å². The minimum atomic E-state index is -0.420. The maximum absolute atomic E-state index is 13.6. The molecule has 35 heavy (non-hydrogen) atoms. The standard InChI is InChI=1S/C26H29FN6O2/c1-32(2)12-5-10-24(34)33-13-11-19(17-33)16-28-25-21-15-20(31-26(21)30-18-29-25)7-6-14-35-23-9-4-3-8-22(23)27/h3-4,8-9,15-16,18-19H,5,10-14,17H2,1-2H3,(H,29,30,31). The molecule has 1 unspecified atom stereocenters.